The summed E-state index contributed by atoms with van der Waals surface area (Å²) in [5, 5.41) is 18.6. The van der Waals surface area contributed by atoms with E-state index < -0.39 is 23.6 Å². The minimum Gasteiger partial charge on any atom is -0.389 e. The summed E-state index contributed by atoms with van der Waals surface area (Å²) in [5.41, 5.74) is -1.23. The first-order valence-corrected chi connectivity index (χ1v) is 4.98. The number of alkyl halides is 3. The van der Waals surface area contributed by atoms with Gasteiger partial charge in [0, 0.05) is 0 Å². The summed E-state index contributed by atoms with van der Waals surface area (Å²) in [6, 6.07) is 1.90. The van der Waals surface area contributed by atoms with Gasteiger partial charge in [-0.15, -0.1) is 0 Å². The molecule has 0 aromatic rings. The van der Waals surface area contributed by atoms with Crippen LogP contribution in [0.5, 0.6) is 0 Å². The second-order valence-electron chi connectivity index (χ2n) is 4.27. The molecule has 15 heavy (non-hydrogen) atoms. The molecule has 1 fully saturated rings. The summed E-state index contributed by atoms with van der Waals surface area (Å²) in [6.07, 6.45) is -4.20. The normalized spacial score (nSPS) is 34.5. The molecule has 1 N–H and O–H groups in total. The van der Waals surface area contributed by atoms with Gasteiger partial charge in [0.1, 0.15) is 0 Å². The number of rotatable bonds is 1. The molecule has 0 aromatic heterocycles. The zero-order chi connectivity index (χ0) is 11.7. The van der Waals surface area contributed by atoms with Gasteiger partial charge in [-0.3, -0.25) is 0 Å². The van der Waals surface area contributed by atoms with E-state index in [0.29, 0.717) is 0 Å². The smallest absolute Gasteiger partial charge is 0.389 e. The Kier molecular flexibility index (Phi) is 3.29. The van der Waals surface area contributed by atoms with Crippen LogP contribution >= 0.6 is 0 Å². The van der Waals surface area contributed by atoms with Crippen molar-refractivity contribution in [3.05, 3.63) is 0 Å². The molecule has 0 radical (unpaired) electrons. The number of hydrogen-bond acceptors (Lipinski definition) is 2. The Morgan fingerprint density at radius 1 is 1.40 bits per heavy atom. The maximum atomic E-state index is 12.3. The highest BCUT2D eigenvalue weighted by Gasteiger charge is 2.46. The van der Waals surface area contributed by atoms with Crippen molar-refractivity contribution < 1.29 is 18.3 Å². The van der Waals surface area contributed by atoms with Crippen LogP contribution in [0.2, 0.25) is 0 Å². The van der Waals surface area contributed by atoms with Crippen LogP contribution in [0.4, 0.5) is 13.2 Å². The van der Waals surface area contributed by atoms with E-state index in [-0.39, 0.29) is 25.7 Å². The molecule has 0 aliphatic heterocycles. The molecule has 0 aromatic carbocycles. The molecule has 2 nitrogen and oxygen atoms in total. The van der Waals surface area contributed by atoms with Crippen LogP contribution in [0.1, 0.15) is 32.6 Å². The average Bonchev–Trinajstić information content (AvgIpc) is 2.15. The van der Waals surface area contributed by atoms with Crippen LogP contribution in [0.3, 0.4) is 0 Å². The molecule has 0 amide bonds. The lowest BCUT2D eigenvalue weighted by atomic mass is 9.73. The van der Waals surface area contributed by atoms with Gasteiger partial charge in [0.2, 0.25) is 0 Å². The number of nitrogens with zero attached hydrogens (tertiary/aromatic N) is 1. The van der Waals surface area contributed by atoms with Crippen molar-refractivity contribution in [2.24, 2.45) is 11.8 Å². The van der Waals surface area contributed by atoms with Gasteiger partial charge >= 0.3 is 6.18 Å². The Labute approximate surface area is 86.7 Å². The Hall–Kier alpha value is -0.760. The molecule has 0 bridgehead atoms. The summed E-state index contributed by atoms with van der Waals surface area (Å²) in [4.78, 5) is 0. The Bertz CT molecular complexity index is 261. The highest BCUT2D eigenvalue weighted by atomic mass is 19.4. The second-order valence-corrected chi connectivity index (χ2v) is 4.27. The van der Waals surface area contributed by atoms with Crippen molar-refractivity contribution in [2.45, 2.75) is 44.4 Å². The number of halogens is 3. The van der Waals surface area contributed by atoms with Gasteiger partial charge in [0.15, 0.2) is 0 Å². The lowest BCUT2D eigenvalue weighted by Gasteiger charge is -2.38. The first-order valence-electron chi connectivity index (χ1n) is 4.98. The van der Waals surface area contributed by atoms with Gasteiger partial charge in [0.05, 0.1) is 23.5 Å². The van der Waals surface area contributed by atoms with Gasteiger partial charge in [-0.1, -0.05) is 0 Å². The van der Waals surface area contributed by atoms with E-state index in [9.17, 15) is 18.3 Å². The molecular weight excluding hydrogens is 207 g/mol. The summed E-state index contributed by atoms with van der Waals surface area (Å²) < 4.78 is 37.0. The molecule has 86 valence electrons. The van der Waals surface area contributed by atoms with E-state index in [1.165, 1.54) is 0 Å². The van der Waals surface area contributed by atoms with E-state index >= 15 is 0 Å². The van der Waals surface area contributed by atoms with Gasteiger partial charge in [-0.05, 0) is 32.6 Å². The van der Waals surface area contributed by atoms with Crippen molar-refractivity contribution in [3.63, 3.8) is 0 Å². The zero-order valence-electron chi connectivity index (χ0n) is 8.51. The highest BCUT2D eigenvalue weighted by molar-refractivity contribution is 4.99. The highest BCUT2D eigenvalue weighted by Crippen LogP contribution is 2.43. The first-order chi connectivity index (χ1) is 6.79. The third kappa shape index (κ3) is 2.63. The third-order valence-electron chi connectivity index (χ3n) is 3.31. The molecule has 0 saturated heterocycles. The maximum Gasteiger partial charge on any atom is 0.391 e. The van der Waals surface area contributed by atoms with Crippen molar-refractivity contribution in [1.82, 2.24) is 0 Å². The Morgan fingerprint density at radius 3 is 2.20 bits per heavy atom. The van der Waals surface area contributed by atoms with Gasteiger partial charge in [-0.2, -0.15) is 18.4 Å². The van der Waals surface area contributed by atoms with Gasteiger partial charge in [-0.25, -0.2) is 0 Å². The second kappa shape index (κ2) is 4.01. The van der Waals surface area contributed by atoms with E-state index in [0.717, 1.165) is 0 Å². The van der Waals surface area contributed by atoms with Crippen LogP contribution in [0.25, 0.3) is 0 Å². The van der Waals surface area contributed by atoms with Crippen LogP contribution < -0.4 is 0 Å². The predicted octanol–water partition coefficient (Wildman–Crippen LogP) is 2.63. The standard InChI is InChI=1S/C10H14F3NO/c1-7(6-14)9(15)4-2-8(3-5-9)10(11,12)13/h7-8,15H,2-5H2,1H3. The molecule has 0 spiro atoms. The van der Waals surface area contributed by atoms with E-state index in [1.54, 1.807) is 6.92 Å². The molecule has 1 aliphatic carbocycles. The van der Waals surface area contributed by atoms with Crippen LogP contribution in [-0.2, 0) is 0 Å². The molecule has 1 aliphatic rings. The quantitative estimate of drug-likeness (QED) is 0.739. The Balaban J connectivity index is 2.60. The molecule has 1 unspecified atom stereocenters. The fourth-order valence-electron chi connectivity index (χ4n) is 2.00. The lowest BCUT2D eigenvalue weighted by molar-refractivity contribution is -0.194. The Morgan fingerprint density at radius 2 is 1.87 bits per heavy atom. The van der Waals surface area contributed by atoms with Crippen molar-refractivity contribution in [2.75, 3.05) is 0 Å². The van der Waals surface area contributed by atoms with Gasteiger partial charge < -0.3 is 5.11 Å². The van der Waals surface area contributed by atoms with Crippen molar-refractivity contribution in [1.29, 1.82) is 5.26 Å². The molecule has 1 atom stereocenters. The van der Waals surface area contributed by atoms with E-state index in [4.69, 9.17) is 5.26 Å². The minimum atomic E-state index is -4.17. The zero-order valence-corrected chi connectivity index (χ0v) is 8.51. The predicted molar refractivity (Wildman–Crippen MR) is 47.7 cm³/mol. The number of hydrogen-bond donors (Lipinski definition) is 1. The summed E-state index contributed by atoms with van der Waals surface area (Å²) in [5.74, 6) is -1.92. The van der Waals surface area contributed by atoms with Crippen molar-refractivity contribution in [3.8, 4) is 6.07 Å². The fourth-order valence-corrected chi connectivity index (χ4v) is 2.00. The number of nitriles is 1. The molecule has 0 heterocycles. The molecule has 1 saturated carbocycles. The summed E-state index contributed by atoms with van der Waals surface area (Å²) >= 11 is 0. The molecule has 1 rings (SSSR count). The van der Waals surface area contributed by atoms with E-state index in [2.05, 4.69) is 0 Å². The molecular formula is C10H14F3NO. The SMILES string of the molecule is CC(C#N)C1(O)CCC(C(F)(F)F)CC1. The van der Waals surface area contributed by atoms with Crippen molar-refractivity contribution >= 4 is 0 Å². The third-order valence-corrected chi connectivity index (χ3v) is 3.31. The van der Waals surface area contributed by atoms with Gasteiger partial charge in [0.25, 0.3) is 0 Å². The van der Waals surface area contributed by atoms with E-state index in [1.807, 2.05) is 6.07 Å². The average molecular weight is 221 g/mol. The van der Waals surface area contributed by atoms with Crippen LogP contribution in [-0.4, -0.2) is 16.9 Å². The summed E-state index contributed by atoms with van der Waals surface area (Å²) in [6.45, 7) is 1.55. The largest absolute Gasteiger partial charge is 0.391 e. The van der Waals surface area contributed by atoms with Crippen LogP contribution in [0, 0.1) is 23.2 Å². The molecule has 5 heteroatoms. The summed E-state index contributed by atoms with van der Waals surface area (Å²) in [7, 11) is 0. The van der Waals surface area contributed by atoms with Crippen LogP contribution in [0.15, 0.2) is 0 Å². The topological polar surface area (TPSA) is 44.0 Å². The first kappa shape index (κ1) is 12.3. The number of aliphatic hydroxyl groups is 1. The minimum absolute atomic E-state index is 0.0614. The maximum absolute atomic E-state index is 12.3. The lowest BCUT2D eigenvalue weighted by Crippen LogP contribution is -2.42. The fraction of sp³-hybridized carbons (Fsp3) is 0.900. The monoisotopic (exact) mass is 221 g/mol.